The lowest BCUT2D eigenvalue weighted by Gasteiger charge is -2.03. The molecule has 0 spiro atoms. The standard InChI is InChI=1S/C20H19ClN4O3/c1-28-19-10-14(5-7-18(19)26)6-8-20(27)22-11-17-13-25(24-23-17)12-15-3-2-4-16(21)9-15/h2-10,13,26H,11-12H2,1H3,(H,22,27)/b8-6+. The molecule has 144 valence electrons. The van der Waals surface area contributed by atoms with Crippen LogP contribution in [-0.2, 0) is 17.9 Å². The molecule has 0 fully saturated rings. The van der Waals surface area contributed by atoms with Gasteiger partial charge in [-0.25, -0.2) is 4.68 Å². The predicted molar refractivity (Wildman–Crippen MR) is 106 cm³/mol. The molecule has 0 bridgehead atoms. The fourth-order valence-corrected chi connectivity index (χ4v) is 2.74. The van der Waals surface area contributed by atoms with Gasteiger partial charge in [0.15, 0.2) is 11.5 Å². The number of amides is 1. The topological polar surface area (TPSA) is 89.3 Å². The van der Waals surface area contributed by atoms with Crippen LogP contribution in [-0.4, -0.2) is 33.1 Å². The van der Waals surface area contributed by atoms with E-state index in [4.69, 9.17) is 16.3 Å². The summed E-state index contributed by atoms with van der Waals surface area (Å²) in [5.41, 5.74) is 2.40. The molecule has 0 saturated heterocycles. The van der Waals surface area contributed by atoms with Crippen LogP contribution < -0.4 is 10.1 Å². The summed E-state index contributed by atoms with van der Waals surface area (Å²) in [6.07, 6.45) is 4.81. The van der Waals surface area contributed by atoms with Crippen molar-refractivity contribution >= 4 is 23.6 Å². The largest absolute Gasteiger partial charge is 0.504 e. The second kappa shape index (κ2) is 9.05. The third-order valence-corrected chi connectivity index (χ3v) is 4.13. The molecule has 1 aromatic heterocycles. The van der Waals surface area contributed by atoms with Crippen molar-refractivity contribution in [3.8, 4) is 11.5 Å². The first-order valence-corrected chi connectivity index (χ1v) is 8.87. The molecule has 0 saturated carbocycles. The zero-order valence-corrected chi connectivity index (χ0v) is 15.9. The average Bonchev–Trinajstić information content (AvgIpc) is 3.13. The summed E-state index contributed by atoms with van der Waals surface area (Å²) in [6.45, 7) is 0.807. The van der Waals surface area contributed by atoms with Crippen molar-refractivity contribution in [1.29, 1.82) is 0 Å². The molecular formula is C20H19ClN4O3. The van der Waals surface area contributed by atoms with E-state index in [2.05, 4.69) is 15.6 Å². The third kappa shape index (κ3) is 5.34. The maximum absolute atomic E-state index is 12.0. The number of ether oxygens (including phenoxy) is 1. The van der Waals surface area contributed by atoms with Crippen molar-refractivity contribution in [2.24, 2.45) is 0 Å². The normalized spacial score (nSPS) is 10.9. The zero-order chi connectivity index (χ0) is 19.9. The Hall–Kier alpha value is -3.32. The van der Waals surface area contributed by atoms with Crippen molar-refractivity contribution < 1.29 is 14.6 Å². The van der Waals surface area contributed by atoms with E-state index in [1.807, 2.05) is 24.3 Å². The van der Waals surface area contributed by atoms with Crippen LogP contribution in [0, 0.1) is 0 Å². The lowest BCUT2D eigenvalue weighted by atomic mass is 10.2. The van der Waals surface area contributed by atoms with E-state index in [0.717, 1.165) is 11.1 Å². The number of nitrogens with zero attached hydrogens (tertiary/aromatic N) is 3. The molecule has 2 aromatic carbocycles. The van der Waals surface area contributed by atoms with Crippen molar-refractivity contribution in [3.63, 3.8) is 0 Å². The molecule has 0 aliphatic heterocycles. The number of benzene rings is 2. The number of halogens is 1. The maximum atomic E-state index is 12.0. The molecule has 1 amide bonds. The van der Waals surface area contributed by atoms with E-state index in [1.165, 1.54) is 19.3 Å². The Balaban J connectivity index is 1.53. The highest BCUT2D eigenvalue weighted by Crippen LogP contribution is 2.26. The zero-order valence-electron chi connectivity index (χ0n) is 15.2. The quantitative estimate of drug-likeness (QED) is 0.597. The predicted octanol–water partition coefficient (Wildman–Crippen LogP) is 3.02. The SMILES string of the molecule is COc1cc(/C=C/C(=O)NCc2cn(Cc3cccc(Cl)c3)nn2)ccc1O. The Bertz CT molecular complexity index is 1000. The minimum Gasteiger partial charge on any atom is -0.504 e. The lowest BCUT2D eigenvalue weighted by molar-refractivity contribution is -0.116. The molecule has 0 aliphatic rings. The minimum absolute atomic E-state index is 0.0463. The highest BCUT2D eigenvalue weighted by atomic mass is 35.5. The Morgan fingerprint density at radius 3 is 2.96 bits per heavy atom. The molecule has 2 N–H and O–H groups in total. The number of phenolic OH excluding ortho intramolecular Hbond substituents is 1. The lowest BCUT2D eigenvalue weighted by Crippen LogP contribution is -2.20. The molecule has 8 heteroatoms. The van der Waals surface area contributed by atoms with Gasteiger partial charge in [0.2, 0.25) is 5.91 Å². The maximum Gasteiger partial charge on any atom is 0.244 e. The molecule has 1 heterocycles. The van der Waals surface area contributed by atoms with E-state index in [9.17, 15) is 9.90 Å². The summed E-state index contributed by atoms with van der Waals surface area (Å²) in [7, 11) is 1.47. The van der Waals surface area contributed by atoms with Crippen LogP contribution >= 0.6 is 11.6 Å². The number of methoxy groups -OCH3 is 1. The number of aromatic hydroxyl groups is 1. The summed E-state index contributed by atoms with van der Waals surface area (Å²) >= 11 is 5.98. The number of aromatic nitrogens is 3. The first-order chi connectivity index (χ1) is 13.5. The first-order valence-electron chi connectivity index (χ1n) is 8.50. The van der Waals surface area contributed by atoms with Crippen LogP contribution in [0.15, 0.2) is 54.7 Å². The highest BCUT2D eigenvalue weighted by molar-refractivity contribution is 6.30. The van der Waals surface area contributed by atoms with E-state index in [1.54, 1.807) is 29.1 Å². The van der Waals surface area contributed by atoms with Gasteiger partial charge in [0.05, 0.1) is 26.4 Å². The van der Waals surface area contributed by atoms with Gasteiger partial charge in [0.1, 0.15) is 5.69 Å². The van der Waals surface area contributed by atoms with E-state index in [0.29, 0.717) is 23.0 Å². The summed E-state index contributed by atoms with van der Waals surface area (Å²) in [6, 6.07) is 12.4. The van der Waals surface area contributed by atoms with Crippen LogP contribution in [0.3, 0.4) is 0 Å². The van der Waals surface area contributed by atoms with E-state index >= 15 is 0 Å². The Morgan fingerprint density at radius 1 is 1.32 bits per heavy atom. The van der Waals surface area contributed by atoms with Crippen LogP contribution in [0.5, 0.6) is 11.5 Å². The van der Waals surface area contributed by atoms with Crippen molar-refractivity contribution in [1.82, 2.24) is 20.3 Å². The van der Waals surface area contributed by atoms with Gasteiger partial charge in [0.25, 0.3) is 0 Å². The van der Waals surface area contributed by atoms with E-state index in [-0.39, 0.29) is 18.2 Å². The molecule has 3 rings (SSSR count). The van der Waals surface area contributed by atoms with Crippen LogP contribution in [0.2, 0.25) is 5.02 Å². The van der Waals surface area contributed by atoms with Gasteiger partial charge in [-0.05, 0) is 41.5 Å². The Morgan fingerprint density at radius 2 is 2.18 bits per heavy atom. The van der Waals surface area contributed by atoms with Crippen LogP contribution in [0.4, 0.5) is 0 Å². The Kier molecular flexibility index (Phi) is 6.29. The summed E-state index contributed by atoms with van der Waals surface area (Å²) < 4.78 is 6.73. The van der Waals surface area contributed by atoms with Gasteiger partial charge in [-0.1, -0.05) is 35.0 Å². The van der Waals surface area contributed by atoms with Gasteiger partial charge in [-0.2, -0.15) is 0 Å². The third-order valence-electron chi connectivity index (χ3n) is 3.89. The molecule has 28 heavy (non-hydrogen) atoms. The van der Waals surface area contributed by atoms with Gasteiger partial charge in [0, 0.05) is 11.1 Å². The fourth-order valence-electron chi connectivity index (χ4n) is 2.53. The number of carbonyl (C=O) groups is 1. The van der Waals surface area contributed by atoms with Crippen LogP contribution in [0.1, 0.15) is 16.8 Å². The number of nitrogens with one attached hydrogen (secondary N) is 1. The van der Waals surface area contributed by atoms with Gasteiger partial charge in [-0.15, -0.1) is 5.10 Å². The minimum atomic E-state index is -0.267. The molecule has 0 unspecified atom stereocenters. The molecule has 0 atom stereocenters. The number of hydrogen-bond donors (Lipinski definition) is 2. The van der Waals surface area contributed by atoms with E-state index < -0.39 is 0 Å². The van der Waals surface area contributed by atoms with Crippen molar-refractivity contribution in [2.75, 3.05) is 7.11 Å². The fraction of sp³-hybridized carbons (Fsp3) is 0.150. The number of rotatable bonds is 7. The summed E-state index contributed by atoms with van der Waals surface area (Å²) in [5, 5.41) is 21.1. The molecule has 0 aliphatic carbocycles. The smallest absolute Gasteiger partial charge is 0.244 e. The second-order valence-electron chi connectivity index (χ2n) is 6.02. The van der Waals surface area contributed by atoms with Crippen molar-refractivity contribution in [3.05, 3.63) is 76.6 Å². The monoisotopic (exact) mass is 398 g/mol. The number of phenols is 1. The molecule has 7 nitrogen and oxygen atoms in total. The molecular weight excluding hydrogens is 380 g/mol. The first kappa shape index (κ1) is 19.4. The van der Waals surface area contributed by atoms with Crippen LogP contribution in [0.25, 0.3) is 6.08 Å². The molecule has 0 radical (unpaired) electrons. The molecule has 3 aromatic rings. The highest BCUT2D eigenvalue weighted by Gasteiger charge is 2.05. The van der Waals surface area contributed by atoms with Gasteiger partial charge >= 0.3 is 0 Å². The average molecular weight is 399 g/mol. The number of hydrogen-bond acceptors (Lipinski definition) is 5. The summed E-state index contributed by atoms with van der Waals surface area (Å²) in [5.74, 6) is 0.125. The second-order valence-corrected chi connectivity index (χ2v) is 6.46. The van der Waals surface area contributed by atoms with Gasteiger partial charge in [-0.3, -0.25) is 4.79 Å². The van der Waals surface area contributed by atoms with Crippen molar-refractivity contribution in [2.45, 2.75) is 13.1 Å². The van der Waals surface area contributed by atoms with Gasteiger partial charge < -0.3 is 15.2 Å². The Labute approximate surface area is 167 Å². The number of carbonyl (C=O) groups excluding carboxylic acids is 1. The summed E-state index contributed by atoms with van der Waals surface area (Å²) in [4.78, 5) is 12.0.